The van der Waals surface area contributed by atoms with Gasteiger partial charge in [-0.2, -0.15) is 0 Å². The molecule has 5 heteroatoms. The zero-order valence-corrected chi connectivity index (χ0v) is 8.88. The molecule has 0 bridgehead atoms. The normalized spacial score (nSPS) is 11.3. The summed E-state index contributed by atoms with van der Waals surface area (Å²) in [5.41, 5.74) is 2.75. The molecule has 0 aliphatic carbocycles. The quantitative estimate of drug-likeness (QED) is 0.586. The third-order valence-electron chi connectivity index (χ3n) is 2.42. The molecule has 0 aliphatic heterocycles. The van der Waals surface area contributed by atoms with Crippen LogP contribution >= 0.6 is 12.2 Å². The van der Waals surface area contributed by atoms with Gasteiger partial charge < -0.3 is 4.98 Å². The number of hydrogen-bond acceptors (Lipinski definition) is 3. The third kappa shape index (κ3) is 1.10. The van der Waals surface area contributed by atoms with Gasteiger partial charge in [-0.05, 0) is 19.1 Å². The van der Waals surface area contributed by atoms with Crippen molar-refractivity contribution in [1.29, 1.82) is 0 Å². The standard InChI is InChI=1S/C10H8N4S/c1-6-12-13-9-10(15)11-7-4-2-3-5-8(7)14(6)9/h2-5H,1H3,(H,11,15). The average Bonchev–Trinajstić information content (AvgIpc) is 2.62. The van der Waals surface area contributed by atoms with Gasteiger partial charge in [-0.3, -0.25) is 4.40 Å². The fraction of sp³-hybridized carbons (Fsp3) is 0.100. The molecule has 0 spiro atoms. The largest absolute Gasteiger partial charge is 0.342 e. The van der Waals surface area contributed by atoms with Crippen LogP contribution in [0.4, 0.5) is 0 Å². The first-order valence-electron chi connectivity index (χ1n) is 4.60. The number of nitrogens with one attached hydrogen (secondary N) is 1. The van der Waals surface area contributed by atoms with Crippen molar-refractivity contribution in [2.75, 3.05) is 0 Å². The molecule has 0 atom stereocenters. The summed E-state index contributed by atoms with van der Waals surface area (Å²) in [6.45, 7) is 1.92. The van der Waals surface area contributed by atoms with Crippen molar-refractivity contribution in [1.82, 2.24) is 19.6 Å². The number of fused-ring (bicyclic) bond motifs is 3. The van der Waals surface area contributed by atoms with E-state index >= 15 is 0 Å². The van der Waals surface area contributed by atoms with E-state index in [-0.39, 0.29) is 0 Å². The van der Waals surface area contributed by atoms with E-state index in [0.29, 0.717) is 10.3 Å². The molecular weight excluding hydrogens is 208 g/mol. The Hall–Kier alpha value is -1.75. The van der Waals surface area contributed by atoms with E-state index in [1.807, 2.05) is 35.6 Å². The first-order chi connectivity index (χ1) is 7.27. The van der Waals surface area contributed by atoms with Crippen molar-refractivity contribution < 1.29 is 0 Å². The number of H-pyrrole nitrogens is 1. The van der Waals surface area contributed by atoms with Crippen LogP contribution in [0.1, 0.15) is 5.82 Å². The van der Waals surface area contributed by atoms with Gasteiger partial charge in [0.1, 0.15) is 10.5 Å². The van der Waals surface area contributed by atoms with Crippen LogP contribution < -0.4 is 0 Å². The minimum Gasteiger partial charge on any atom is -0.342 e. The molecule has 1 aromatic carbocycles. The van der Waals surface area contributed by atoms with E-state index in [2.05, 4.69) is 15.2 Å². The Morgan fingerprint density at radius 2 is 2.07 bits per heavy atom. The molecule has 3 aromatic rings. The predicted molar refractivity (Wildman–Crippen MR) is 60.4 cm³/mol. The summed E-state index contributed by atoms with van der Waals surface area (Å²) in [7, 11) is 0. The van der Waals surface area contributed by atoms with Crippen molar-refractivity contribution in [2.45, 2.75) is 6.92 Å². The van der Waals surface area contributed by atoms with Gasteiger partial charge in [0.05, 0.1) is 11.0 Å². The van der Waals surface area contributed by atoms with Gasteiger partial charge in [0.15, 0.2) is 5.65 Å². The third-order valence-corrected chi connectivity index (χ3v) is 2.71. The van der Waals surface area contributed by atoms with Gasteiger partial charge in [0.25, 0.3) is 0 Å². The highest BCUT2D eigenvalue weighted by Crippen LogP contribution is 2.15. The van der Waals surface area contributed by atoms with Crippen molar-refractivity contribution in [3.63, 3.8) is 0 Å². The average molecular weight is 216 g/mol. The van der Waals surface area contributed by atoms with E-state index < -0.39 is 0 Å². The number of aromatic amines is 1. The lowest BCUT2D eigenvalue weighted by atomic mass is 10.3. The fourth-order valence-corrected chi connectivity index (χ4v) is 1.99. The van der Waals surface area contributed by atoms with Gasteiger partial charge in [0.2, 0.25) is 0 Å². The molecule has 2 heterocycles. The number of nitrogens with zero attached hydrogens (tertiary/aromatic N) is 3. The second-order valence-electron chi connectivity index (χ2n) is 3.38. The van der Waals surface area contributed by atoms with Crippen LogP contribution in [0.5, 0.6) is 0 Å². The molecule has 0 fully saturated rings. The number of benzene rings is 1. The van der Waals surface area contributed by atoms with Crippen LogP contribution in [0.3, 0.4) is 0 Å². The fourth-order valence-electron chi connectivity index (χ4n) is 1.75. The summed E-state index contributed by atoms with van der Waals surface area (Å²) in [5, 5.41) is 8.08. The number of para-hydroxylation sites is 2. The lowest BCUT2D eigenvalue weighted by molar-refractivity contribution is 1.02. The summed E-state index contributed by atoms with van der Waals surface area (Å²) in [5.74, 6) is 0.848. The zero-order chi connectivity index (χ0) is 10.4. The molecule has 4 nitrogen and oxygen atoms in total. The maximum atomic E-state index is 5.22. The molecule has 0 unspecified atom stereocenters. The maximum absolute atomic E-state index is 5.22. The minimum absolute atomic E-state index is 0.620. The van der Waals surface area contributed by atoms with Crippen molar-refractivity contribution in [3.05, 3.63) is 34.7 Å². The monoisotopic (exact) mass is 216 g/mol. The Morgan fingerprint density at radius 1 is 1.27 bits per heavy atom. The topological polar surface area (TPSA) is 46.0 Å². The highest BCUT2D eigenvalue weighted by atomic mass is 32.1. The van der Waals surface area contributed by atoms with Gasteiger partial charge >= 0.3 is 0 Å². The molecule has 74 valence electrons. The van der Waals surface area contributed by atoms with Gasteiger partial charge in [-0.15, -0.1) is 10.2 Å². The van der Waals surface area contributed by atoms with Gasteiger partial charge in [-0.25, -0.2) is 0 Å². The predicted octanol–water partition coefficient (Wildman–Crippen LogP) is 2.25. The number of hydrogen-bond donors (Lipinski definition) is 1. The van der Waals surface area contributed by atoms with Crippen LogP contribution in [0.25, 0.3) is 16.7 Å². The molecule has 3 rings (SSSR count). The van der Waals surface area contributed by atoms with Crippen LogP contribution in [0, 0.1) is 11.6 Å². The van der Waals surface area contributed by atoms with Gasteiger partial charge in [0, 0.05) is 0 Å². The summed E-state index contributed by atoms with van der Waals surface area (Å²) in [6.07, 6.45) is 0. The van der Waals surface area contributed by atoms with Gasteiger partial charge in [-0.1, -0.05) is 24.4 Å². The highest BCUT2D eigenvalue weighted by molar-refractivity contribution is 7.71. The molecule has 2 aromatic heterocycles. The Morgan fingerprint density at radius 3 is 2.93 bits per heavy atom. The Bertz CT molecular complexity index is 710. The van der Waals surface area contributed by atoms with Crippen LogP contribution in [-0.4, -0.2) is 19.6 Å². The molecule has 1 N–H and O–H groups in total. The van der Waals surface area contributed by atoms with E-state index in [9.17, 15) is 0 Å². The smallest absolute Gasteiger partial charge is 0.196 e. The SMILES string of the molecule is Cc1nnc2c(=S)[nH]c3ccccc3n12. The summed E-state index contributed by atoms with van der Waals surface area (Å²) in [4.78, 5) is 3.14. The Kier molecular flexibility index (Phi) is 1.63. The van der Waals surface area contributed by atoms with Crippen LogP contribution in [-0.2, 0) is 0 Å². The molecule has 0 saturated heterocycles. The molecule has 0 amide bonds. The first-order valence-corrected chi connectivity index (χ1v) is 5.01. The molecule has 0 saturated carbocycles. The van der Waals surface area contributed by atoms with Crippen molar-refractivity contribution >= 4 is 28.9 Å². The molecule has 15 heavy (non-hydrogen) atoms. The summed E-state index contributed by atoms with van der Waals surface area (Å²) < 4.78 is 2.59. The number of aromatic nitrogens is 4. The second kappa shape index (κ2) is 2.87. The lowest BCUT2D eigenvalue weighted by Crippen LogP contribution is -1.94. The number of aryl methyl sites for hydroxylation is 1. The van der Waals surface area contributed by atoms with Crippen LogP contribution in [0.15, 0.2) is 24.3 Å². The Balaban J connectivity index is 2.74. The molecule has 0 radical (unpaired) electrons. The minimum atomic E-state index is 0.620. The van der Waals surface area contributed by atoms with E-state index in [1.165, 1.54) is 0 Å². The number of rotatable bonds is 0. The van der Waals surface area contributed by atoms with Crippen molar-refractivity contribution in [3.8, 4) is 0 Å². The Labute approximate surface area is 90.6 Å². The van der Waals surface area contributed by atoms with E-state index in [0.717, 1.165) is 16.9 Å². The highest BCUT2D eigenvalue weighted by Gasteiger charge is 2.06. The molecule has 0 aliphatic rings. The van der Waals surface area contributed by atoms with E-state index in [1.54, 1.807) is 0 Å². The van der Waals surface area contributed by atoms with E-state index in [4.69, 9.17) is 12.2 Å². The second-order valence-corrected chi connectivity index (χ2v) is 3.79. The first kappa shape index (κ1) is 8.55. The zero-order valence-electron chi connectivity index (χ0n) is 8.06. The van der Waals surface area contributed by atoms with Crippen LogP contribution in [0.2, 0.25) is 0 Å². The lowest BCUT2D eigenvalue weighted by Gasteiger charge is -2.02. The summed E-state index contributed by atoms with van der Waals surface area (Å²) >= 11 is 5.22. The molecular formula is C10H8N4S. The summed E-state index contributed by atoms with van der Waals surface area (Å²) in [6, 6.07) is 7.96. The van der Waals surface area contributed by atoms with Crippen molar-refractivity contribution in [2.24, 2.45) is 0 Å². The maximum Gasteiger partial charge on any atom is 0.196 e.